The van der Waals surface area contributed by atoms with Crippen LogP contribution >= 0.6 is 0 Å². The summed E-state index contributed by atoms with van der Waals surface area (Å²) in [5.41, 5.74) is 3.87. The first kappa shape index (κ1) is 21.1. The van der Waals surface area contributed by atoms with Gasteiger partial charge in [-0.1, -0.05) is 0 Å². The number of likely N-dealkylation sites (N-methyl/N-ethyl adjacent to an activating group) is 2. The number of likely N-dealkylation sites (tertiary alicyclic amines) is 1. The van der Waals surface area contributed by atoms with Crippen molar-refractivity contribution in [3.05, 3.63) is 35.8 Å². The van der Waals surface area contributed by atoms with Gasteiger partial charge in [-0.3, -0.25) is 4.90 Å². The summed E-state index contributed by atoms with van der Waals surface area (Å²) in [6.07, 6.45) is 6.05. The van der Waals surface area contributed by atoms with Crippen LogP contribution in [0.3, 0.4) is 0 Å². The Morgan fingerprint density at radius 2 is 1.94 bits per heavy atom. The molecule has 0 bridgehead atoms. The second-order valence-electron chi connectivity index (χ2n) is 10.5. The number of aryl methyl sites for hydroxylation is 1. The maximum absolute atomic E-state index is 14.5. The highest BCUT2D eigenvalue weighted by atomic mass is 19.1. The summed E-state index contributed by atoms with van der Waals surface area (Å²) >= 11 is 0. The highest BCUT2D eigenvalue weighted by Gasteiger charge is 2.70. The van der Waals surface area contributed by atoms with Gasteiger partial charge < -0.3 is 20.4 Å². The minimum atomic E-state index is -0.392. The molecule has 4 fully saturated rings. The van der Waals surface area contributed by atoms with Crippen LogP contribution in [-0.2, 0) is 0 Å². The van der Waals surface area contributed by atoms with Crippen molar-refractivity contribution in [3.63, 3.8) is 0 Å². The van der Waals surface area contributed by atoms with Crippen molar-refractivity contribution >= 4 is 23.1 Å². The Morgan fingerprint density at radius 3 is 2.64 bits per heavy atom. The van der Waals surface area contributed by atoms with Crippen LogP contribution in [0.1, 0.15) is 31.2 Å². The summed E-state index contributed by atoms with van der Waals surface area (Å²) in [5.74, 6) is 1.07. The molecule has 2 saturated carbocycles. The molecule has 33 heavy (non-hydrogen) atoms. The van der Waals surface area contributed by atoms with E-state index in [0.717, 1.165) is 50.6 Å². The number of piperazine rings is 1. The van der Waals surface area contributed by atoms with Crippen molar-refractivity contribution in [2.75, 3.05) is 55.8 Å². The molecule has 2 aliphatic heterocycles. The zero-order chi connectivity index (χ0) is 22.7. The van der Waals surface area contributed by atoms with E-state index in [-0.39, 0.29) is 6.04 Å². The van der Waals surface area contributed by atoms with Gasteiger partial charge in [0, 0.05) is 55.2 Å². The van der Waals surface area contributed by atoms with E-state index >= 15 is 0 Å². The zero-order valence-electron chi connectivity index (χ0n) is 19.8. The predicted molar refractivity (Wildman–Crippen MR) is 130 cm³/mol. The number of halogens is 1. The molecule has 2 aliphatic carbocycles. The van der Waals surface area contributed by atoms with Crippen molar-refractivity contribution in [3.8, 4) is 0 Å². The van der Waals surface area contributed by atoms with Crippen LogP contribution in [0.25, 0.3) is 0 Å². The summed E-state index contributed by atoms with van der Waals surface area (Å²) in [6, 6.07) is 7.24. The number of anilines is 4. The normalized spacial score (nSPS) is 33.0. The van der Waals surface area contributed by atoms with Gasteiger partial charge in [-0.15, -0.1) is 0 Å². The molecule has 7 nitrogen and oxygen atoms in total. The summed E-state index contributed by atoms with van der Waals surface area (Å²) < 4.78 is 14.5. The van der Waals surface area contributed by atoms with Gasteiger partial charge in [0.25, 0.3) is 0 Å². The van der Waals surface area contributed by atoms with Crippen molar-refractivity contribution in [2.24, 2.45) is 5.92 Å². The largest absolute Gasteiger partial charge is 0.369 e. The molecule has 8 heteroatoms. The molecule has 6 rings (SSSR count). The van der Waals surface area contributed by atoms with Crippen molar-refractivity contribution in [1.29, 1.82) is 0 Å². The lowest BCUT2D eigenvalue weighted by Gasteiger charge is -2.43. The second kappa shape index (κ2) is 7.81. The fraction of sp³-hybridized carbons (Fsp3) is 0.600. The van der Waals surface area contributed by atoms with Crippen LogP contribution in [0.15, 0.2) is 24.4 Å². The van der Waals surface area contributed by atoms with Crippen LogP contribution in [0.4, 0.5) is 27.5 Å². The third-order valence-electron chi connectivity index (χ3n) is 8.69. The van der Waals surface area contributed by atoms with Crippen molar-refractivity contribution < 1.29 is 4.39 Å². The summed E-state index contributed by atoms with van der Waals surface area (Å²) in [6.45, 7) is 6.38. The molecule has 4 aliphatic rings. The number of nitrogens with zero attached hydrogens (tertiary/aromatic N) is 5. The van der Waals surface area contributed by atoms with Gasteiger partial charge in [0.05, 0.1) is 6.20 Å². The zero-order valence-corrected chi connectivity index (χ0v) is 19.8. The molecule has 4 unspecified atom stereocenters. The van der Waals surface area contributed by atoms with Gasteiger partial charge in [0.1, 0.15) is 0 Å². The molecule has 2 saturated heterocycles. The summed E-state index contributed by atoms with van der Waals surface area (Å²) in [5, 5.41) is 6.67. The molecule has 1 spiro atoms. The van der Waals surface area contributed by atoms with Crippen LogP contribution in [0.2, 0.25) is 0 Å². The van der Waals surface area contributed by atoms with E-state index in [2.05, 4.69) is 74.5 Å². The highest BCUT2D eigenvalue weighted by Crippen LogP contribution is 2.63. The Hall–Kier alpha value is -2.45. The SMILES string of the molecule is Cc1cc(Nc2ncc(F)c(N[C@@H]3CC4CCC45C(C3)N5C)n2)ccc1N1CCN(C)CC1. The average molecular weight is 452 g/mol. The number of nitrogens with one attached hydrogen (secondary N) is 2. The maximum Gasteiger partial charge on any atom is 0.229 e. The smallest absolute Gasteiger partial charge is 0.229 e. The Bertz CT molecular complexity index is 1040. The molecule has 176 valence electrons. The number of aromatic nitrogens is 2. The average Bonchev–Trinajstić information content (AvgIpc) is 3.40. The highest BCUT2D eigenvalue weighted by molar-refractivity contribution is 5.64. The van der Waals surface area contributed by atoms with Gasteiger partial charge in [-0.05, 0) is 76.4 Å². The third-order valence-corrected chi connectivity index (χ3v) is 8.69. The van der Waals surface area contributed by atoms with Gasteiger partial charge in [-0.2, -0.15) is 4.98 Å². The fourth-order valence-electron chi connectivity index (χ4n) is 6.61. The number of hydrogen-bond acceptors (Lipinski definition) is 7. The Morgan fingerprint density at radius 1 is 1.12 bits per heavy atom. The maximum atomic E-state index is 14.5. The minimum Gasteiger partial charge on any atom is -0.369 e. The predicted octanol–water partition coefficient (Wildman–Crippen LogP) is 3.46. The quantitative estimate of drug-likeness (QED) is 0.675. The van der Waals surface area contributed by atoms with Gasteiger partial charge in [0.2, 0.25) is 5.95 Å². The first-order valence-corrected chi connectivity index (χ1v) is 12.3. The third kappa shape index (κ3) is 3.54. The molecular weight excluding hydrogens is 417 g/mol. The Labute approximate surface area is 195 Å². The first-order valence-electron chi connectivity index (χ1n) is 12.3. The second-order valence-corrected chi connectivity index (χ2v) is 10.5. The fourth-order valence-corrected chi connectivity index (χ4v) is 6.61. The Balaban J connectivity index is 1.13. The topological polar surface area (TPSA) is 59.3 Å². The number of rotatable bonds is 5. The Kier molecular flexibility index (Phi) is 4.99. The lowest BCUT2D eigenvalue weighted by Crippen LogP contribution is -2.47. The molecule has 0 amide bonds. The van der Waals surface area contributed by atoms with Crippen LogP contribution < -0.4 is 15.5 Å². The molecule has 5 atom stereocenters. The van der Waals surface area contributed by atoms with Gasteiger partial charge >= 0.3 is 0 Å². The first-order chi connectivity index (χ1) is 15.9. The van der Waals surface area contributed by atoms with Crippen LogP contribution in [0, 0.1) is 18.7 Å². The lowest BCUT2D eigenvalue weighted by atomic mass is 9.63. The van der Waals surface area contributed by atoms with Crippen molar-refractivity contribution in [1.82, 2.24) is 19.8 Å². The van der Waals surface area contributed by atoms with Gasteiger partial charge in [-0.25, -0.2) is 9.37 Å². The molecule has 1 aromatic carbocycles. The molecule has 2 N–H and O–H groups in total. The minimum absolute atomic E-state index is 0.265. The number of benzene rings is 1. The lowest BCUT2D eigenvalue weighted by molar-refractivity contribution is 0.139. The summed E-state index contributed by atoms with van der Waals surface area (Å²) in [7, 11) is 4.41. The van der Waals surface area contributed by atoms with E-state index in [9.17, 15) is 4.39 Å². The number of hydrogen-bond donors (Lipinski definition) is 2. The molecule has 1 aromatic heterocycles. The van der Waals surface area contributed by atoms with Gasteiger partial charge in [0.15, 0.2) is 11.6 Å². The van der Waals surface area contributed by atoms with E-state index in [1.807, 2.05) is 0 Å². The van der Waals surface area contributed by atoms with E-state index in [1.165, 1.54) is 30.3 Å². The monoisotopic (exact) mass is 451 g/mol. The molecule has 3 heterocycles. The van der Waals surface area contributed by atoms with E-state index in [4.69, 9.17) is 0 Å². The van der Waals surface area contributed by atoms with E-state index < -0.39 is 5.82 Å². The van der Waals surface area contributed by atoms with Crippen molar-refractivity contribution in [2.45, 2.75) is 50.2 Å². The van der Waals surface area contributed by atoms with E-state index in [1.54, 1.807) is 0 Å². The van der Waals surface area contributed by atoms with Crippen LogP contribution in [0.5, 0.6) is 0 Å². The summed E-state index contributed by atoms with van der Waals surface area (Å²) in [4.78, 5) is 16.0. The molecule has 2 aromatic rings. The molecule has 0 radical (unpaired) electrons. The standard InChI is InChI=1S/C25H34FN7/c1-16-12-18(4-5-21(16)33-10-8-31(2)9-11-33)29-24-27-15-20(26)23(30-24)28-19-13-17-6-7-25(17)22(14-19)32(25)3/h4-5,12,15,17,19,22H,6-11,13-14H2,1-3H3,(H2,27,28,29,30)/t17?,19-,22?,25?,32?/m1/s1. The van der Waals surface area contributed by atoms with Crippen LogP contribution in [-0.4, -0.2) is 77.7 Å². The van der Waals surface area contributed by atoms with E-state index in [0.29, 0.717) is 23.3 Å². The molecular formula is C25H34FN7.